The number of aromatic nitrogens is 4. The van der Waals surface area contributed by atoms with Crippen molar-refractivity contribution in [2.75, 3.05) is 49.0 Å². The van der Waals surface area contributed by atoms with E-state index < -0.39 is 22.8 Å². The maximum atomic E-state index is 14.2. The summed E-state index contributed by atoms with van der Waals surface area (Å²) in [6.45, 7) is 0. The van der Waals surface area contributed by atoms with Gasteiger partial charge in [-0.15, -0.1) is 12.4 Å². The molecule has 0 radical (unpaired) electrons. The summed E-state index contributed by atoms with van der Waals surface area (Å²) >= 11 is 17.3. The zero-order chi connectivity index (χ0) is 37.2. The molecule has 0 fully saturated rings. The van der Waals surface area contributed by atoms with Crippen LogP contribution >= 0.6 is 47.2 Å². The normalized spacial score (nSPS) is 10.1. The van der Waals surface area contributed by atoms with Crippen molar-refractivity contribution < 1.29 is 8.78 Å². The topological polar surface area (TPSA) is 136 Å². The highest BCUT2D eigenvalue weighted by atomic mass is 35.5. The Morgan fingerprint density at radius 2 is 1.06 bits per heavy atom. The summed E-state index contributed by atoms with van der Waals surface area (Å²) in [5, 5.41) is 4.66. The molecule has 0 spiro atoms. The Hall–Kier alpha value is -5.14. The highest BCUT2D eigenvalue weighted by Crippen LogP contribution is 2.31. The molecule has 16 heteroatoms. The largest absolute Gasteiger partial charge is 0.396 e. The van der Waals surface area contributed by atoms with Crippen LogP contribution in [0.15, 0.2) is 107 Å². The number of nitrogen functional groups attached to an aromatic ring is 1. The molecule has 4 heterocycles. The zero-order valence-electron chi connectivity index (χ0n) is 28.2. The molecule has 0 aliphatic rings. The first-order chi connectivity index (χ1) is 24.2. The first kappa shape index (κ1) is 41.3. The van der Waals surface area contributed by atoms with E-state index in [-0.39, 0.29) is 34.7 Å². The summed E-state index contributed by atoms with van der Waals surface area (Å²) in [6.07, 6.45) is 6.62. The van der Waals surface area contributed by atoms with E-state index in [1.165, 1.54) is 42.5 Å². The molecule has 2 aromatic carbocycles. The van der Waals surface area contributed by atoms with Crippen LogP contribution in [0.4, 0.5) is 37.5 Å². The number of hydrogen-bond donors (Lipinski definition) is 4. The maximum absolute atomic E-state index is 14.2. The predicted molar refractivity (Wildman–Crippen MR) is 212 cm³/mol. The molecule has 6 aromatic rings. The molecule has 0 amide bonds. The number of anilines is 5. The molecule has 0 atom stereocenters. The van der Waals surface area contributed by atoms with E-state index in [1.54, 1.807) is 79.0 Å². The fraction of sp³-hybridized carbons (Fsp3) is 0.111. The second-order valence-corrected chi connectivity index (χ2v) is 12.5. The number of hydrogen-bond acceptors (Lipinski definition) is 8. The van der Waals surface area contributed by atoms with Crippen molar-refractivity contribution in [3.8, 4) is 22.3 Å². The number of pyridine rings is 4. The summed E-state index contributed by atoms with van der Waals surface area (Å²) in [5.74, 6) is 0.0263. The minimum atomic E-state index is -0.521. The zero-order valence-corrected chi connectivity index (χ0v) is 31.3. The molecule has 0 saturated heterocycles. The molecule has 52 heavy (non-hydrogen) atoms. The molecule has 0 aliphatic heterocycles. The molecule has 0 saturated carbocycles. The van der Waals surface area contributed by atoms with Crippen LogP contribution < -0.4 is 32.0 Å². The molecule has 0 unspecified atom stereocenters. The van der Waals surface area contributed by atoms with Crippen LogP contribution in [0.3, 0.4) is 0 Å². The standard InChI is InChI=1S/C18H16ClFN4O.C13H13ClFN3O.C5H4ClN.ClH/c1-24(2)17-16(22-12-5-7-21-8-6-12)10-14(18(25)23-17)13-9-11(19)3-4-15(13)20;1-18(2)12-11(16)6-9(13(19)17-12)8-5-7(14)3-4-10(8)15;6-5-1-3-7-4-2-5;/h3-10H,1-2H3,(H,21,22)(H,23,25);3-6H,16H2,1-2H3,(H,17,19);1-4H;1H. The lowest BCUT2D eigenvalue weighted by atomic mass is 10.1. The van der Waals surface area contributed by atoms with Crippen molar-refractivity contribution >= 4 is 75.9 Å². The molecule has 0 bridgehead atoms. The Labute approximate surface area is 319 Å². The fourth-order valence-electron chi connectivity index (χ4n) is 4.61. The lowest BCUT2D eigenvalue weighted by Gasteiger charge is -2.19. The first-order valence-electron chi connectivity index (χ1n) is 15.0. The van der Waals surface area contributed by atoms with E-state index in [9.17, 15) is 18.4 Å². The quantitative estimate of drug-likeness (QED) is 0.132. The Kier molecular flexibility index (Phi) is 15.0. The minimum Gasteiger partial charge on any atom is -0.396 e. The van der Waals surface area contributed by atoms with Gasteiger partial charge in [-0.05, 0) is 72.8 Å². The third-order valence-corrected chi connectivity index (χ3v) is 7.72. The lowest BCUT2D eigenvalue weighted by Crippen LogP contribution is -2.20. The summed E-state index contributed by atoms with van der Waals surface area (Å²) in [6, 6.07) is 18.3. The summed E-state index contributed by atoms with van der Waals surface area (Å²) in [7, 11) is 7.12. The van der Waals surface area contributed by atoms with Gasteiger partial charge in [0.25, 0.3) is 11.1 Å². The molecule has 6 rings (SSSR count). The Bertz CT molecular complexity index is 2220. The lowest BCUT2D eigenvalue weighted by molar-refractivity contribution is 0.630. The van der Waals surface area contributed by atoms with E-state index in [1.807, 2.05) is 14.1 Å². The highest BCUT2D eigenvalue weighted by Gasteiger charge is 2.16. The molecular weight excluding hydrogens is 756 g/mol. The molecule has 0 aliphatic carbocycles. The predicted octanol–water partition coefficient (Wildman–Crippen LogP) is 8.68. The molecular formula is C36H34Cl4F2N8O2. The van der Waals surface area contributed by atoms with Crippen molar-refractivity contribution in [1.82, 2.24) is 19.9 Å². The van der Waals surface area contributed by atoms with Gasteiger partial charge in [-0.25, -0.2) is 8.78 Å². The van der Waals surface area contributed by atoms with Crippen molar-refractivity contribution in [3.05, 3.63) is 145 Å². The summed E-state index contributed by atoms with van der Waals surface area (Å²) in [4.78, 5) is 41.1. The SMILES string of the molecule is CN(C)c1[nH]c(=O)c(-c2cc(Cl)ccc2F)cc1N.CN(C)c1[nH]c(=O)c(-c2cc(Cl)ccc2F)cc1Nc1ccncc1.Cl.Clc1ccncc1. The first-order valence-corrected chi connectivity index (χ1v) is 16.2. The van der Waals surface area contributed by atoms with Gasteiger partial charge in [0.1, 0.15) is 23.3 Å². The monoisotopic (exact) mass is 788 g/mol. The van der Waals surface area contributed by atoms with E-state index in [4.69, 9.17) is 40.5 Å². The van der Waals surface area contributed by atoms with E-state index in [2.05, 4.69) is 25.3 Å². The van der Waals surface area contributed by atoms with Crippen LogP contribution in [-0.4, -0.2) is 48.1 Å². The molecule has 4 aromatic heterocycles. The Morgan fingerprint density at radius 3 is 1.50 bits per heavy atom. The third kappa shape index (κ3) is 10.9. The number of nitrogens with zero attached hydrogens (tertiary/aromatic N) is 4. The van der Waals surface area contributed by atoms with Crippen LogP contribution in [0.2, 0.25) is 15.1 Å². The Balaban J connectivity index is 0.000000238. The number of aromatic amines is 2. The number of benzene rings is 2. The number of nitrogens with one attached hydrogen (secondary N) is 3. The fourth-order valence-corrected chi connectivity index (χ4v) is 5.06. The van der Waals surface area contributed by atoms with Crippen molar-refractivity contribution in [2.24, 2.45) is 0 Å². The Morgan fingerprint density at radius 1 is 0.615 bits per heavy atom. The molecule has 272 valence electrons. The van der Waals surface area contributed by atoms with Crippen molar-refractivity contribution in [1.29, 1.82) is 0 Å². The number of H-pyrrole nitrogens is 2. The van der Waals surface area contributed by atoms with E-state index in [0.29, 0.717) is 33.1 Å². The van der Waals surface area contributed by atoms with Gasteiger partial charge < -0.3 is 30.8 Å². The molecule has 10 nitrogen and oxygen atoms in total. The second-order valence-electron chi connectivity index (χ2n) is 11.2. The van der Waals surface area contributed by atoms with Crippen LogP contribution in [0.25, 0.3) is 22.3 Å². The second kappa shape index (κ2) is 18.9. The van der Waals surface area contributed by atoms with Crippen LogP contribution in [0, 0.1) is 11.6 Å². The van der Waals surface area contributed by atoms with Gasteiger partial charge >= 0.3 is 0 Å². The summed E-state index contributed by atoms with van der Waals surface area (Å²) in [5.41, 5.74) is 7.45. The van der Waals surface area contributed by atoms with Gasteiger partial charge in [0.05, 0.1) is 22.5 Å². The average molecular weight is 791 g/mol. The van der Waals surface area contributed by atoms with Crippen molar-refractivity contribution in [2.45, 2.75) is 0 Å². The van der Waals surface area contributed by atoms with Gasteiger partial charge in [-0.1, -0.05) is 34.8 Å². The summed E-state index contributed by atoms with van der Waals surface area (Å²) < 4.78 is 28.0. The van der Waals surface area contributed by atoms with Gasteiger partial charge in [0.2, 0.25) is 0 Å². The van der Waals surface area contributed by atoms with Crippen molar-refractivity contribution in [3.63, 3.8) is 0 Å². The third-order valence-electron chi connectivity index (χ3n) is 7.00. The van der Waals surface area contributed by atoms with Gasteiger partial charge in [0.15, 0.2) is 0 Å². The van der Waals surface area contributed by atoms with Crippen LogP contribution in [-0.2, 0) is 0 Å². The van der Waals surface area contributed by atoms with Crippen LogP contribution in [0.5, 0.6) is 0 Å². The van der Waals surface area contributed by atoms with E-state index >= 15 is 0 Å². The average Bonchev–Trinajstić information content (AvgIpc) is 3.09. The number of halogens is 6. The number of nitrogens with two attached hydrogens (primary N) is 1. The molecule has 5 N–H and O–H groups in total. The smallest absolute Gasteiger partial charge is 0.257 e. The van der Waals surface area contributed by atoms with Crippen LogP contribution in [0.1, 0.15) is 0 Å². The van der Waals surface area contributed by atoms with Gasteiger partial charge in [-0.2, -0.15) is 0 Å². The maximum Gasteiger partial charge on any atom is 0.257 e. The number of rotatable bonds is 6. The minimum absolute atomic E-state index is 0. The van der Waals surface area contributed by atoms with E-state index in [0.717, 1.165) is 10.7 Å². The highest BCUT2D eigenvalue weighted by molar-refractivity contribution is 6.31. The van der Waals surface area contributed by atoms with Gasteiger partial charge in [0, 0.05) is 84.9 Å². The van der Waals surface area contributed by atoms with Gasteiger partial charge in [-0.3, -0.25) is 19.6 Å².